The van der Waals surface area contributed by atoms with Crippen molar-refractivity contribution < 1.29 is 29.3 Å². The number of rotatable bonds is 9. The van der Waals surface area contributed by atoms with E-state index in [1.807, 2.05) is 30.3 Å². The van der Waals surface area contributed by atoms with Crippen molar-refractivity contribution in [1.82, 2.24) is 10.2 Å². The Bertz CT molecular complexity index is 1090. The molecule has 9 heteroatoms. The molecule has 0 saturated carbocycles. The van der Waals surface area contributed by atoms with Crippen LogP contribution < -0.4 is 10.1 Å². The third kappa shape index (κ3) is 5.36. The zero-order chi connectivity index (χ0) is 24.9. The third-order valence-electron chi connectivity index (χ3n) is 6.34. The number of para-hydroxylation sites is 1. The fourth-order valence-corrected chi connectivity index (χ4v) is 4.80. The van der Waals surface area contributed by atoms with E-state index in [1.54, 1.807) is 29.2 Å². The second-order valence-electron chi connectivity index (χ2n) is 8.57. The van der Waals surface area contributed by atoms with Crippen molar-refractivity contribution in [2.45, 2.75) is 37.1 Å². The largest absolute Gasteiger partial charge is 0.486 e. The van der Waals surface area contributed by atoms with Crippen LogP contribution >= 0.6 is 11.6 Å². The lowest BCUT2D eigenvalue weighted by Gasteiger charge is -2.40. The van der Waals surface area contributed by atoms with E-state index in [-0.39, 0.29) is 44.5 Å². The van der Waals surface area contributed by atoms with E-state index in [4.69, 9.17) is 21.1 Å². The minimum Gasteiger partial charge on any atom is -0.486 e. The number of aliphatic hydroxyl groups excluding tert-OH is 2. The molecule has 4 rings (SSSR count). The highest BCUT2D eigenvalue weighted by Crippen LogP contribution is 2.47. The number of aliphatic hydroxyl groups is 2. The average Bonchev–Trinajstić information content (AvgIpc) is 3.26. The van der Waals surface area contributed by atoms with Gasteiger partial charge in [0.15, 0.2) is 0 Å². The highest BCUT2D eigenvalue weighted by Gasteiger charge is 2.50. The fourth-order valence-electron chi connectivity index (χ4n) is 4.67. The molecule has 2 aliphatic rings. The van der Waals surface area contributed by atoms with Crippen LogP contribution in [0.15, 0.2) is 60.2 Å². The summed E-state index contributed by atoms with van der Waals surface area (Å²) in [5, 5.41) is 24.0. The van der Waals surface area contributed by atoms with Gasteiger partial charge < -0.3 is 29.9 Å². The van der Waals surface area contributed by atoms with E-state index in [9.17, 15) is 19.8 Å². The molecule has 2 amide bonds. The predicted octanol–water partition coefficient (Wildman–Crippen LogP) is 2.03. The minimum absolute atomic E-state index is 0.0878. The van der Waals surface area contributed by atoms with Crippen LogP contribution in [-0.2, 0) is 20.9 Å². The Morgan fingerprint density at radius 3 is 2.63 bits per heavy atom. The van der Waals surface area contributed by atoms with Crippen molar-refractivity contribution in [3.05, 3.63) is 76.3 Å². The molecule has 4 unspecified atom stereocenters. The summed E-state index contributed by atoms with van der Waals surface area (Å²) in [6, 6.07) is 13.6. The number of nitrogens with zero attached hydrogens (tertiary/aromatic N) is 1. The first-order valence-corrected chi connectivity index (χ1v) is 11.9. The van der Waals surface area contributed by atoms with Gasteiger partial charge in [0.05, 0.1) is 31.6 Å². The highest BCUT2D eigenvalue weighted by atomic mass is 35.5. The first kappa shape index (κ1) is 25.2. The first-order valence-electron chi connectivity index (χ1n) is 11.5. The predicted molar refractivity (Wildman–Crippen MR) is 130 cm³/mol. The van der Waals surface area contributed by atoms with Gasteiger partial charge in [-0.1, -0.05) is 41.9 Å². The van der Waals surface area contributed by atoms with Crippen LogP contribution in [0.2, 0.25) is 5.02 Å². The number of ether oxygens (including phenoxy) is 2. The maximum atomic E-state index is 13.3. The number of benzene rings is 2. The van der Waals surface area contributed by atoms with Gasteiger partial charge in [0.25, 0.3) is 0 Å². The van der Waals surface area contributed by atoms with E-state index < -0.39 is 24.2 Å². The smallest absolute Gasteiger partial charge is 0.247 e. The average molecular weight is 501 g/mol. The molecule has 1 aliphatic heterocycles. The van der Waals surface area contributed by atoms with Crippen LogP contribution in [-0.4, -0.2) is 72.0 Å². The Morgan fingerprint density at radius 2 is 1.91 bits per heavy atom. The molecule has 0 aromatic heterocycles. The Hall–Kier alpha value is -2.91. The van der Waals surface area contributed by atoms with Crippen LogP contribution in [0.3, 0.4) is 0 Å². The van der Waals surface area contributed by atoms with Gasteiger partial charge in [-0.15, -0.1) is 0 Å². The quantitative estimate of drug-likeness (QED) is 0.486. The maximum absolute atomic E-state index is 13.3. The van der Waals surface area contributed by atoms with E-state index in [0.29, 0.717) is 16.3 Å². The van der Waals surface area contributed by atoms with E-state index >= 15 is 0 Å². The number of halogens is 1. The van der Waals surface area contributed by atoms with Crippen molar-refractivity contribution in [1.29, 1.82) is 0 Å². The Morgan fingerprint density at radius 1 is 1.17 bits per heavy atom. The van der Waals surface area contributed by atoms with E-state index in [2.05, 4.69) is 5.32 Å². The molecule has 0 bridgehead atoms. The molecule has 186 valence electrons. The molecule has 3 N–H and O–H groups in total. The molecular weight excluding hydrogens is 472 g/mol. The number of amides is 2. The molecule has 0 fully saturated rings. The SMILES string of the molecule is COCCC(=O)N(Cc1ccc(Cl)cc1)C1C=C(C(=O)NCCO)C2c3ccccc3OC2C1O. The summed E-state index contributed by atoms with van der Waals surface area (Å²) in [5.74, 6) is -0.506. The number of carbonyl (C=O) groups excluding carboxylic acids is 2. The number of fused-ring (bicyclic) bond motifs is 3. The molecule has 35 heavy (non-hydrogen) atoms. The van der Waals surface area contributed by atoms with Gasteiger partial charge in [-0.25, -0.2) is 0 Å². The van der Waals surface area contributed by atoms with Crippen LogP contribution in [0.25, 0.3) is 0 Å². The number of hydrogen-bond donors (Lipinski definition) is 3. The van der Waals surface area contributed by atoms with Crippen molar-refractivity contribution >= 4 is 23.4 Å². The van der Waals surface area contributed by atoms with Crippen molar-refractivity contribution in [2.75, 3.05) is 26.9 Å². The minimum atomic E-state index is -1.08. The number of nitrogens with one attached hydrogen (secondary N) is 1. The van der Waals surface area contributed by atoms with Crippen molar-refractivity contribution in [3.63, 3.8) is 0 Å². The van der Waals surface area contributed by atoms with Crippen LogP contribution in [0.5, 0.6) is 5.75 Å². The topological polar surface area (TPSA) is 108 Å². The molecular formula is C26H29ClN2O6. The lowest BCUT2D eigenvalue weighted by molar-refractivity contribution is -0.139. The summed E-state index contributed by atoms with van der Waals surface area (Å²) < 4.78 is 11.2. The van der Waals surface area contributed by atoms with Crippen molar-refractivity contribution in [3.8, 4) is 5.75 Å². The summed E-state index contributed by atoms with van der Waals surface area (Å²) >= 11 is 6.03. The zero-order valence-corrected chi connectivity index (χ0v) is 20.1. The molecule has 2 aromatic carbocycles. The Balaban J connectivity index is 1.74. The molecule has 0 saturated heterocycles. The lowest BCUT2D eigenvalue weighted by atomic mass is 9.77. The summed E-state index contributed by atoms with van der Waals surface area (Å²) in [6.45, 7) is 0.309. The normalized spacial score (nSPS) is 22.5. The molecule has 1 aliphatic carbocycles. The Kier molecular flexibility index (Phi) is 8.07. The first-order chi connectivity index (χ1) is 16.9. The summed E-state index contributed by atoms with van der Waals surface area (Å²) in [5.41, 5.74) is 2.02. The Labute approximate surface area is 209 Å². The lowest BCUT2D eigenvalue weighted by Crippen LogP contribution is -2.55. The van der Waals surface area contributed by atoms with E-state index in [1.165, 1.54) is 7.11 Å². The van der Waals surface area contributed by atoms with Crippen LogP contribution in [0.1, 0.15) is 23.5 Å². The summed E-state index contributed by atoms with van der Waals surface area (Å²) in [4.78, 5) is 28.0. The molecule has 1 heterocycles. The van der Waals surface area contributed by atoms with E-state index in [0.717, 1.165) is 11.1 Å². The second kappa shape index (κ2) is 11.2. The van der Waals surface area contributed by atoms with Gasteiger partial charge in [0.2, 0.25) is 11.8 Å². The van der Waals surface area contributed by atoms with Crippen LogP contribution in [0.4, 0.5) is 0 Å². The number of carbonyl (C=O) groups is 2. The third-order valence-corrected chi connectivity index (χ3v) is 6.60. The van der Waals surface area contributed by atoms with Crippen molar-refractivity contribution in [2.24, 2.45) is 0 Å². The van der Waals surface area contributed by atoms with Gasteiger partial charge in [-0.2, -0.15) is 0 Å². The summed E-state index contributed by atoms with van der Waals surface area (Å²) in [7, 11) is 1.52. The van der Waals surface area contributed by atoms with Gasteiger partial charge in [-0.3, -0.25) is 9.59 Å². The number of methoxy groups -OCH3 is 1. The van der Waals surface area contributed by atoms with Gasteiger partial charge >= 0.3 is 0 Å². The molecule has 4 atom stereocenters. The number of hydrogen-bond acceptors (Lipinski definition) is 6. The standard InChI is InChI=1S/C26H29ClN2O6/c1-34-13-10-22(31)29(15-16-6-8-17(27)9-7-16)20-14-19(26(33)28-11-12-30)23-18-4-2-3-5-21(18)35-25(23)24(20)32/h2-9,14,20,23-25,30,32H,10-13,15H2,1H3,(H,28,33). The molecule has 0 spiro atoms. The van der Waals surface area contributed by atoms with Crippen LogP contribution in [0, 0.1) is 0 Å². The molecule has 2 aromatic rings. The summed E-state index contributed by atoms with van der Waals surface area (Å²) in [6.07, 6.45) is -0.0618. The monoisotopic (exact) mass is 500 g/mol. The van der Waals surface area contributed by atoms with Gasteiger partial charge in [-0.05, 0) is 29.8 Å². The fraction of sp³-hybridized carbons (Fsp3) is 0.385. The maximum Gasteiger partial charge on any atom is 0.247 e. The van der Waals surface area contributed by atoms with Gasteiger partial charge in [0.1, 0.15) is 18.0 Å². The zero-order valence-electron chi connectivity index (χ0n) is 19.4. The molecule has 0 radical (unpaired) electrons. The molecule has 8 nitrogen and oxygen atoms in total. The second-order valence-corrected chi connectivity index (χ2v) is 9.01. The highest BCUT2D eigenvalue weighted by molar-refractivity contribution is 6.30. The van der Waals surface area contributed by atoms with Gasteiger partial charge in [0, 0.05) is 36.4 Å².